The summed E-state index contributed by atoms with van der Waals surface area (Å²) in [7, 11) is 1.48. The van der Waals surface area contributed by atoms with Crippen LogP contribution in [0.4, 0.5) is 5.69 Å². The lowest BCUT2D eigenvalue weighted by molar-refractivity contribution is -0.384. The van der Waals surface area contributed by atoms with Crippen LogP contribution in [0.5, 0.6) is 0 Å². The number of carbonyl (C=O) groups is 2. The van der Waals surface area contributed by atoms with Crippen molar-refractivity contribution < 1.29 is 24.4 Å². The minimum atomic E-state index is -0.874. The summed E-state index contributed by atoms with van der Waals surface area (Å²) < 4.78 is 5.06. The molecule has 1 amide bonds. The van der Waals surface area contributed by atoms with E-state index in [0.717, 1.165) is 11.1 Å². The maximum atomic E-state index is 12.9. The molecule has 2 aromatic carbocycles. The zero-order chi connectivity index (χ0) is 22.0. The summed E-state index contributed by atoms with van der Waals surface area (Å²) in [6.45, 7) is 3.99. The van der Waals surface area contributed by atoms with Gasteiger partial charge in [-0.05, 0) is 43.2 Å². The van der Waals surface area contributed by atoms with Crippen molar-refractivity contribution in [1.82, 2.24) is 4.90 Å². The van der Waals surface area contributed by atoms with Crippen LogP contribution in [0.25, 0.3) is 5.76 Å². The van der Waals surface area contributed by atoms with Gasteiger partial charge in [-0.1, -0.05) is 17.7 Å². The summed E-state index contributed by atoms with van der Waals surface area (Å²) in [5, 5.41) is 22.1. The molecule has 3 rings (SSSR count). The number of Topliss-reactive ketones (excluding diaryl/α,β-unsaturated/α-hetero) is 1. The molecule has 0 spiro atoms. The lowest BCUT2D eigenvalue weighted by Gasteiger charge is -2.25. The summed E-state index contributed by atoms with van der Waals surface area (Å²) in [6, 6.07) is 10.2. The average molecular weight is 410 g/mol. The molecule has 156 valence electrons. The van der Waals surface area contributed by atoms with Crippen molar-refractivity contribution in [2.24, 2.45) is 0 Å². The van der Waals surface area contributed by atoms with E-state index in [4.69, 9.17) is 4.74 Å². The fourth-order valence-corrected chi connectivity index (χ4v) is 3.56. The molecule has 8 nitrogen and oxygen atoms in total. The summed E-state index contributed by atoms with van der Waals surface area (Å²) in [5.41, 5.74) is 2.45. The number of carbonyl (C=O) groups excluding carboxylic acids is 2. The molecule has 1 unspecified atom stereocenters. The van der Waals surface area contributed by atoms with Gasteiger partial charge in [-0.2, -0.15) is 0 Å². The normalized spacial score (nSPS) is 18.1. The van der Waals surface area contributed by atoms with E-state index < -0.39 is 22.7 Å². The average Bonchev–Trinajstić information content (AvgIpc) is 2.98. The second kappa shape index (κ2) is 8.46. The highest BCUT2D eigenvalue weighted by atomic mass is 16.6. The Morgan fingerprint density at radius 3 is 2.43 bits per heavy atom. The highest BCUT2D eigenvalue weighted by Gasteiger charge is 2.46. The first-order valence-electron chi connectivity index (χ1n) is 9.35. The molecule has 0 radical (unpaired) electrons. The number of nitro benzene ring substituents is 1. The molecule has 1 atom stereocenters. The van der Waals surface area contributed by atoms with Gasteiger partial charge < -0.3 is 14.7 Å². The molecule has 0 aromatic heterocycles. The van der Waals surface area contributed by atoms with Gasteiger partial charge in [0.05, 0.1) is 23.1 Å². The number of aliphatic hydroxyl groups is 1. The van der Waals surface area contributed by atoms with Crippen molar-refractivity contribution in [2.75, 3.05) is 20.3 Å². The molecule has 0 saturated carbocycles. The van der Waals surface area contributed by atoms with Gasteiger partial charge in [0, 0.05) is 31.4 Å². The highest BCUT2D eigenvalue weighted by Crippen LogP contribution is 2.40. The first kappa shape index (κ1) is 21.2. The predicted octanol–water partition coefficient (Wildman–Crippen LogP) is 3.28. The van der Waals surface area contributed by atoms with Gasteiger partial charge in [0.2, 0.25) is 0 Å². The molecule has 1 aliphatic heterocycles. The van der Waals surface area contributed by atoms with Crippen LogP contribution in [0.3, 0.4) is 0 Å². The molecule has 0 aliphatic carbocycles. The first-order valence-corrected chi connectivity index (χ1v) is 9.35. The van der Waals surface area contributed by atoms with E-state index in [-0.39, 0.29) is 30.2 Å². The van der Waals surface area contributed by atoms with Crippen molar-refractivity contribution in [3.63, 3.8) is 0 Å². The Kier molecular flexibility index (Phi) is 5.98. The third-order valence-electron chi connectivity index (χ3n) is 5.14. The van der Waals surface area contributed by atoms with Crippen LogP contribution in [-0.2, 0) is 14.3 Å². The predicted molar refractivity (Wildman–Crippen MR) is 110 cm³/mol. The number of non-ortho nitro benzene ring substituents is 1. The lowest BCUT2D eigenvalue weighted by atomic mass is 9.93. The lowest BCUT2D eigenvalue weighted by Crippen LogP contribution is -2.32. The summed E-state index contributed by atoms with van der Waals surface area (Å²) in [6.07, 6.45) is 0. The molecular weight excluding hydrogens is 388 g/mol. The van der Waals surface area contributed by atoms with Crippen molar-refractivity contribution in [3.05, 3.63) is 80.4 Å². The molecule has 1 heterocycles. The van der Waals surface area contributed by atoms with E-state index in [9.17, 15) is 24.8 Å². The molecule has 1 saturated heterocycles. The second-order valence-corrected chi connectivity index (χ2v) is 7.15. The minimum absolute atomic E-state index is 0.0429. The molecule has 2 aromatic rings. The summed E-state index contributed by atoms with van der Waals surface area (Å²) >= 11 is 0. The maximum Gasteiger partial charge on any atom is 0.295 e. The number of benzene rings is 2. The SMILES string of the molecule is COCCN1C(=O)C(=O)/C(=C(/O)c2cc(C)ccc2C)C1c1ccc([N+](=O)[O-])cc1. The van der Waals surface area contributed by atoms with Gasteiger partial charge >= 0.3 is 0 Å². The van der Waals surface area contributed by atoms with E-state index in [1.807, 2.05) is 19.1 Å². The van der Waals surface area contributed by atoms with Crippen LogP contribution < -0.4 is 0 Å². The number of hydrogen-bond donors (Lipinski definition) is 1. The number of aliphatic hydroxyl groups excluding tert-OH is 1. The number of ketones is 1. The number of amides is 1. The number of methoxy groups -OCH3 is 1. The number of ether oxygens (including phenoxy) is 1. The zero-order valence-electron chi connectivity index (χ0n) is 16.9. The third-order valence-corrected chi connectivity index (χ3v) is 5.14. The monoisotopic (exact) mass is 410 g/mol. The fourth-order valence-electron chi connectivity index (χ4n) is 3.56. The maximum absolute atomic E-state index is 12.9. The quantitative estimate of drug-likeness (QED) is 0.257. The number of likely N-dealkylation sites (tertiary alicyclic amines) is 1. The fraction of sp³-hybridized carbons (Fsp3) is 0.273. The number of rotatable bonds is 6. The molecule has 0 bridgehead atoms. The summed E-state index contributed by atoms with van der Waals surface area (Å²) in [5.74, 6) is -1.81. The van der Waals surface area contributed by atoms with Crippen LogP contribution in [0.2, 0.25) is 0 Å². The Morgan fingerprint density at radius 1 is 1.17 bits per heavy atom. The molecule has 30 heavy (non-hydrogen) atoms. The van der Waals surface area contributed by atoms with Gasteiger partial charge in [0.1, 0.15) is 5.76 Å². The Labute approximate surface area is 173 Å². The number of nitro groups is 1. The smallest absolute Gasteiger partial charge is 0.295 e. The van der Waals surface area contributed by atoms with E-state index >= 15 is 0 Å². The molecule has 1 fully saturated rings. The van der Waals surface area contributed by atoms with Crippen molar-refractivity contribution in [3.8, 4) is 0 Å². The van der Waals surface area contributed by atoms with Crippen LogP contribution in [0.1, 0.15) is 28.3 Å². The van der Waals surface area contributed by atoms with Gasteiger partial charge in [-0.15, -0.1) is 0 Å². The van der Waals surface area contributed by atoms with Crippen molar-refractivity contribution in [2.45, 2.75) is 19.9 Å². The van der Waals surface area contributed by atoms with Crippen LogP contribution >= 0.6 is 0 Å². The number of aryl methyl sites for hydroxylation is 2. The van der Waals surface area contributed by atoms with E-state index in [2.05, 4.69) is 0 Å². The van der Waals surface area contributed by atoms with Crippen molar-refractivity contribution in [1.29, 1.82) is 0 Å². The number of nitrogens with zero attached hydrogens (tertiary/aromatic N) is 2. The van der Waals surface area contributed by atoms with Crippen LogP contribution in [-0.4, -0.2) is 46.9 Å². The van der Waals surface area contributed by atoms with Crippen LogP contribution in [0, 0.1) is 24.0 Å². The molecule has 1 aliphatic rings. The summed E-state index contributed by atoms with van der Waals surface area (Å²) in [4.78, 5) is 37.4. The van der Waals surface area contributed by atoms with E-state index in [1.54, 1.807) is 13.0 Å². The van der Waals surface area contributed by atoms with Crippen LogP contribution in [0.15, 0.2) is 48.0 Å². The first-order chi connectivity index (χ1) is 14.3. The zero-order valence-corrected chi connectivity index (χ0v) is 16.9. The molecule has 1 N–H and O–H groups in total. The molecule has 8 heteroatoms. The van der Waals surface area contributed by atoms with Crippen molar-refractivity contribution >= 4 is 23.1 Å². The highest BCUT2D eigenvalue weighted by molar-refractivity contribution is 6.46. The largest absolute Gasteiger partial charge is 0.507 e. The third kappa shape index (κ3) is 3.81. The Hall–Kier alpha value is -3.52. The second-order valence-electron chi connectivity index (χ2n) is 7.15. The standard InChI is InChI=1S/C22H22N2O6/c1-13-4-5-14(2)17(12-13)20(25)18-19(15-6-8-16(9-7-15)24(28)29)23(10-11-30-3)22(27)21(18)26/h4-9,12,19,25H,10-11H2,1-3H3/b20-18+. The Morgan fingerprint density at radius 2 is 1.83 bits per heavy atom. The Balaban J connectivity index is 2.19. The molecular formula is C22H22N2O6. The van der Waals surface area contributed by atoms with Gasteiger partial charge in [-0.25, -0.2) is 0 Å². The number of hydrogen-bond acceptors (Lipinski definition) is 6. The Bertz CT molecular complexity index is 1040. The topological polar surface area (TPSA) is 110 Å². The van der Waals surface area contributed by atoms with E-state index in [1.165, 1.54) is 36.3 Å². The van der Waals surface area contributed by atoms with Gasteiger partial charge in [0.25, 0.3) is 17.4 Å². The minimum Gasteiger partial charge on any atom is -0.507 e. The van der Waals surface area contributed by atoms with Gasteiger partial charge in [-0.3, -0.25) is 19.7 Å². The van der Waals surface area contributed by atoms with E-state index in [0.29, 0.717) is 11.1 Å². The van der Waals surface area contributed by atoms with Gasteiger partial charge in [0.15, 0.2) is 0 Å².